The largest absolute Gasteiger partial charge is 0.497 e. The maximum Gasteiger partial charge on any atom is 0.273 e. The Morgan fingerprint density at radius 1 is 1.13 bits per heavy atom. The molecule has 30 heavy (non-hydrogen) atoms. The van der Waals surface area contributed by atoms with E-state index in [-0.39, 0.29) is 23.7 Å². The average Bonchev–Trinajstić information content (AvgIpc) is 2.75. The number of methoxy groups -OCH3 is 2. The van der Waals surface area contributed by atoms with Gasteiger partial charge in [-0.2, -0.15) is 0 Å². The Bertz CT molecular complexity index is 1140. The van der Waals surface area contributed by atoms with Crippen LogP contribution in [0.4, 0.5) is 11.4 Å². The summed E-state index contributed by atoms with van der Waals surface area (Å²) in [6.07, 6.45) is 1.29. The number of nitrogens with zero attached hydrogens (tertiary/aromatic N) is 3. The molecule has 1 N–H and O–H groups in total. The molecule has 0 unspecified atom stereocenters. The number of carbonyl (C=O) groups is 1. The van der Waals surface area contributed by atoms with Crippen molar-refractivity contribution in [3.63, 3.8) is 0 Å². The van der Waals surface area contributed by atoms with Crippen LogP contribution in [-0.2, 0) is 11.3 Å². The lowest BCUT2D eigenvalue weighted by atomic mass is 10.1. The van der Waals surface area contributed by atoms with Crippen molar-refractivity contribution in [2.24, 2.45) is 0 Å². The van der Waals surface area contributed by atoms with Gasteiger partial charge in [-0.1, -0.05) is 0 Å². The molecule has 0 aliphatic heterocycles. The van der Waals surface area contributed by atoms with Crippen LogP contribution in [0, 0.1) is 10.1 Å². The summed E-state index contributed by atoms with van der Waals surface area (Å²) in [4.78, 5) is 39.3. The van der Waals surface area contributed by atoms with E-state index in [0.29, 0.717) is 11.4 Å². The summed E-state index contributed by atoms with van der Waals surface area (Å²) in [5.74, 6) is 0.312. The third-order valence-electron chi connectivity index (χ3n) is 4.25. The lowest BCUT2D eigenvalue weighted by Crippen LogP contribution is -2.27. The summed E-state index contributed by atoms with van der Waals surface area (Å²) in [7, 11) is 2.90. The molecule has 0 aliphatic rings. The van der Waals surface area contributed by atoms with E-state index in [1.165, 1.54) is 37.7 Å². The third-order valence-corrected chi connectivity index (χ3v) is 4.25. The first kappa shape index (κ1) is 20.5. The fourth-order valence-electron chi connectivity index (χ4n) is 2.71. The van der Waals surface area contributed by atoms with Gasteiger partial charge in [0.05, 0.1) is 42.9 Å². The third kappa shape index (κ3) is 4.61. The van der Waals surface area contributed by atoms with E-state index in [9.17, 15) is 19.7 Å². The molecule has 0 aliphatic carbocycles. The SMILES string of the molecule is COc1ccc(-c2cc(=O)n(CC(=O)Nc3ccc([N+](=O)[O-])cc3OC)cn2)cc1. The summed E-state index contributed by atoms with van der Waals surface area (Å²) in [6.45, 7) is -0.283. The van der Waals surface area contributed by atoms with Crippen LogP contribution in [0.25, 0.3) is 11.3 Å². The van der Waals surface area contributed by atoms with E-state index in [4.69, 9.17) is 9.47 Å². The van der Waals surface area contributed by atoms with Gasteiger partial charge >= 0.3 is 0 Å². The van der Waals surface area contributed by atoms with Gasteiger partial charge in [0.1, 0.15) is 18.0 Å². The van der Waals surface area contributed by atoms with Gasteiger partial charge in [0.15, 0.2) is 0 Å². The molecule has 0 spiro atoms. The van der Waals surface area contributed by atoms with Crippen LogP contribution in [0.2, 0.25) is 0 Å². The first-order chi connectivity index (χ1) is 14.4. The standard InChI is InChI=1S/C20H18N4O6/c1-29-15-6-3-13(4-7-15)17-10-20(26)23(12-21-17)11-19(25)22-16-8-5-14(24(27)28)9-18(16)30-2/h3-10,12H,11H2,1-2H3,(H,22,25). The first-order valence-corrected chi connectivity index (χ1v) is 8.74. The number of hydrogen-bond donors (Lipinski definition) is 1. The Hall–Kier alpha value is -4.21. The van der Waals surface area contributed by atoms with Crippen LogP contribution in [0.3, 0.4) is 0 Å². The van der Waals surface area contributed by atoms with Crippen molar-refractivity contribution >= 4 is 17.3 Å². The van der Waals surface area contributed by atoms with Crippen LogP contribution in [0.1, 0.15) is 0 Å². The Morgan fingerprint density at radius 2 is 1.87 bits per heavy atom. The van der Waals surface area contributed by atoms with Gasteiger partial charge in [0.2, 0.25) is 5.91 Å². The smallest absolute Gasteiger partial charge is 0.273 e. The number of carbonyl (C=O) groups excluding carboxylic acids is 1. The monoisotopic (exact) mass is 410 g/mol. The van der Waals surface area contributed by atoms with Crippen molar-refractivity contribution in [1.82, 2.24) is 9.55 Å². The van der Waals surface area contributed by atoms with E-state index < -0.39 is 16.4 Å². The topological polar surface area (TPSA) is 126 Å². The van der Waals surface area contributed by atoms with E-state index in [2.05, 4.69) is 10.3 Å². The van der Waals surface area contributed by atoms with Crippen molar-refractivity contribution in [3.05, 3.63) is 75.3 Å². The number of hydrogen-bond acceptors (Lipinski definition) is 7. The normalized spacial score (nSPS) is 10.3. The molecule has 1 amide bonds. The molecule has 0 fully saturated rings. The van der Waals surface area contributed by atoms with Gasteiger partial charge in [-0.25, -0.2) is 4.98 Å². The van der Waals surface area contributed by atoms with Crippen molar-refractivity contribution in [3.8, 4) is 22.8 Å². The Morgan fingerprint density at radius 3 is 2.47 bits per heavy atom. The minimum Gasteiger partial charge on any atom is -0.497 e. The molecule has 1 aromatic heterocycles. The maximum atomic E-state index is 12.4. The number of nitro benzene ring substituents is 1. The highest BCUT2D eigenvalue weighted by Crippen LogP contribution is 2.29. The van der Waals surface area contributed by atoms with Gasteiger partial charge < -0.3 is 14.8 Å². The second-order valence-corrected chi connectivity index (χ2v) is 6.16. The van der Waals surface area contributed by atoms with E-state index in [0.717, 1.165) is 10.1 Å². The minimum absolute atomic E-state index is 0.137. The van der Waals surface area contributed by atoms with Gasteiger partial charge in [0.25, 0.3) is 11.2 Å². The van der Waals surface area contributed by atoms with Crippen molar-refractivity contribution in [1.29, 1.82) is 0 Å². The number of benzene rings is 2. The van der Waals surface area contributed by atoms with Crippen LogP contribution in [0.15, 0.2) is 59.7 Å². The lowest BCUT2D eigenvalue weighted by molar-refractivity contribution is -0.384. The molecule has 0 saturated carbocycles. The molecular weight excluding hydrogens is 392 g/mol. The maximum absolute atomic E-state index is 12.4. The number of non-ortho nitro benzene ring substituents is 1. The molecule has 154 valence electrons. The quantitative estimate of drug-likeness (QED) is 0.468. The second kappa shape index (κ2) is 8.86. The Labute approximate surface area is 170 Å². The van der Waals surface area contributed by atoms with Gasteiger partial charge in [-0.15, -0.1) is 0 Å². The van der Waals surface area contributed by atoms with Gasteiger partial charge in [-0.3, -0.25) is 24.3 Å². The fourth-order valence-corrected chi connectivity index (χ4v) is 2.71. The number of rotatable bonds is 7. The van der Waals surface area contributed by atoms with Crippen molar-refractivity contribution in [2.75, 3.05) is 19.5 Å². The number of nitro groups is 1. The molecule has 10 heteroatoms. The van der Waals surface area contributed by atoms with Crippen LogP contribution in [-0.4, -0.2) is 34.6 Å². The van der Waals surface area contributed by atoms with E-state index >= 15 is 0 Å². The molecule has 0 radical (unpaired) electrons. The summed E-state index contributed by atoms with van der Waals surface area (Å²) in [5.41, 5.74) is 0.890. The minimum atomic E-state index is -0.566. The highest BCUT2D eigenvalue weighted by Gasteiger charge is 2.14. The molecule has 1 heterocycles. The number of anilines is 1. The number of amides is 1. The predicted octanol–water partition coefficient (Wildman–Crippen LogP) is 2.47. The average molecular weight is 410 g/mol. The van der Waals surface area contributed by atoms with Crippen LogP contribution in [0.5, 0.6) is 11.5 Å². The second-order valence-electron chi connectivity index (χ2n) is 6.16. The Kier molecular flexibility index (Phi) is 6.06. The Balaban J connectivity index is 1.74. The fraction of sp³-hybridized carbons (Fsp3) is 0.150. The summed E-state index contributed by atoms with van der Waals surface area (Å²) in [6, 6.07) is 12.2. The molecule has 3 rings (SSSR count). The molecular formula is C20H18N4O6. The molecule has 0 atom stereocenters. The number of aromatic nitrogens is 2. The molecule has 0 saturated heterocycles. The van der Waals surface area contributed by atoms with E-state index in [1.54, 1.807) is 31.4 Å². The predicted molar refractivity (Wildman–Crippen MR) is 109 cm³/mol. The zero-order valence-corrected chi connectivity index (χ0v) is 16.2. The number of nitrogens with one attached hydrogen (secondary N) is 1. The molecule has 3 aromatic rings. The molecule has 2 aromatic carbocycles. The zero-order valence-electron chi connectivity index (χ0n) is 16.2. The first-order valence-electron chi connectivity index (χ1n) is 8.74. The summed E-state index contributed by atoms with van der Waals surface area (Å²) in [5, 5.41) is 13.4. The summed E-state index contributed by atoms with van der Waals surface area (Å²) < 4.78 is 11.3. The molecule has 10 nitrogen and oxygen atoms in total. The highest BCUT2D eigenvalue weighted by molar-refractivity contribution is 5.92. The highest BCUT2D eigenvalue weighted by atomic mass is 16.6. The zero-order chi connectivity index (χ0) is 21.7. The molecule has 0 bridgehead atoms. The van der Waals surface area contributed by atoms with E-state index in [1.807, 2.05) is 0 Å². The van der Waals surface area contributed by atoms with Crippen molar-refractivity contribution < 1.29 is 19.2 Å². The van der Waals surface area contributed by atoms with Gasteiger partial charge in [0, 0.05) is 17.7 Å². The summed E-state index contributed by atoms with van der Waals surface area (Å²) >= 11 is 0. The van der Waals surface area contributed by atoms with Gasteiger partial charge in [-0.05, 0) is 30.3 Å². The van der Waals surface area contributed by atoms with Crippen LogP contribution < -0.4 is 20.3 Å². The van der Waals surface area contributed by atoms with Crippen molar-refractivity contribution in [2.45, 2.75) is 6.54 Å². The number of ether oxygens (including phenoxy) is 2. The lowest BCUT2D eigenvalue weighted by Gasteiger charge is -2.11. The van der Waals surface area contributed by atoms with Crippen LogP contribution >= 0.6 is 0 Å².